The van der Waals surface area contributed by atoms with Crippen LogP contribution in [0.5, 0.6) is 0 Å². The maximum absolute atomic E-state index is 10.3. The first kappa shape index (κ1) is 10.5. The summed E-state index contributed by atoms with van der Waals surface area (Å²) >= 11 is 0. The predicted molar refractivity (Wildman–Crippen MR) is 51.4 cm³/mol. The highest BCUT2D eigenvalue weighted by molar-refractivity contribution is 5.66. The molecule has 0 aromatic carbocycles. The van der Waals surface area contributed by atoms with Gasteiger partial charge in [0.05, 0.1) is 0 Å². The average Bonchev–Trinajstić information content (AvgIpc) is 2.08. The molecule has 0 spiro atoms. The van der Waals surface area contributed by atoms with Crippen molar-refractivity contribution in [1.82, 2.24) is 0 Å². The first-order chi connectivity index (χ1) is 6.18. The predicted octanol–water partition coefficient (Wildman–Crippen LogP) is 1.76. The smallest absolute Gasteiger partial charge is 0.303 e. The van der Waals surface area contributed by atoms with Crippen LogP contribution in [0, 0.1) is 5.92 Å². The largest absolute Gasteiger partial charge is 0.481 e. The Morgan fingerprint density at radius 2 is 1.92 bits per heavy atom. The molecule has 0 amide bonds. The summed E-state index contributed by atoms with van der Waals surface area (Å²) in [7, 11) is 0. The topological polar surface area (TPSA) is 63.3 Å². The molecule has 3 N–H and O–H groups in total. The molecule has 13 heavy (non-hydrogen) atoms. The Morgan fingerprint density at radius 3 is 2.46 bits per heavy atom. The minimum atomic E-state index is -0.674. The number of carboxylic acids is 1. The Balaban J connectivity index is 2.05. The summed E-state index contributed by atoms with van der Waals surface area (Å²) in [5.74, 6) is 0.0617. The zero-order chi connectivity index (χ0) is 9.68. The molecule has 0 aliphatic heterocycles. The number of hydrogen-bond acceptors (Lipinski definition) is 2. The number of carbonyl (C=O) groups is 1. The van der Waals surface area contributed by atoms with E-state index < -0.39 is 5.97 Å². The molecule has 0 radical (unpaired) electrons. The fourth-order valence-electron chi connectivity index (χ4n) is 2.02. The standard InChI is InChI=1S/C10H19NO2/c11-9-6-4-8(5-7-9)2-1-3-10(12)13/h8-9H,1-7,11H2,(H,12,13). The van der Waals surface area contributed by atoms with Crippen molar-refractivity contribution in [3.8, 4) is 0 Å². The van der Waals surface area contributed by atoms with Gasteiger partial charge in [-0.1, -0.05) is 0 Å². The molecule has 1 rings (SSSR count). The van der Waals surface area contributed by atoms with Crippen LogP contribution in [0.3, 0.4) is 0 Å². The van der Waals surface area contributed by atoms with E-state index in [-0.39, 0.29) is 0 Å². The van der Waals surface area contributed by atoms with Gasteiger partial charge in [0.1, 0.15) is 0 Å². The monoisotopic (exact) mass is 185 g/mol. The zero-order valence-electron chi connectivity index (χ0n) is 8.04. The van der Waals surface area contributed by atoms with E-state index in [9.17, 15) is 4.79 Å². The van der Waals surface area contributed by atoms with Gasteiger partial charge in [0.15, 0.2) is 0 Å². The molecule has 0 bridgehead atoms. The molecule has 0 heterocycles. The Labute approximate surface area is 79.3 Å². The van der Waals surface area contributed by atoms with Gasteiger partial charge in [-0.15, -0.1) is 0 Å². The van der Waals surface area contributed by atoms with Crippen LogP contribution in [-0.2, 0) is 4.79 Å². The molecule has 3 heteroatoms. The van der Waals surface area contributed by atoms with Crippen LogP contribution < -0.4 is 5.73 Å². The lowest BCUT2D eigenvalue weighted by Gasteiger charge is -2.25. The zero-order valence-corrected chi connectivity index (χ0v) is 8.04. The molecular formula is C10H19NO2. The lowest BCUT2D eigenvalue weighted by atomic mass is 9.83. The molecule has 3 nitrogen and oxygen atoms in total. The fourth-order valence-corrected chi connectivity index (χ4v) is 2.02. The van der Waals surface area contributed by atoms with Gasteiger partial charge in [0.2, 0.25) is 0 Å². The molecule has 0 unspecified atom stereocenters. The SMILES string of the molecule is NC1CCC(CCCC(=O)O)CC1. The van der Waals surface area contributed by atoms with Crippen molar-refractivity contribution in [1.29, 1.82) is 0 Å². The highest BCUT2D eigenvalue weighted by atomic mass is 16.4. The molecule has 76 valence electrons. The molecule has 0 saturated heterocycles. The summed E-state index contributed by atoms with van der Waals surface area (Å²) in [6.07, 6.45) is 6.86. The van der Waals surface area contributed by atoms with E-state index in [0.29, 0.717) is 12.5 Å². The highest BCUT2D eigenvalue weighted by Gasteiger charge is 2.17. The second-order valence-corrected chi connectivity index (χ2v) is 4.07. The van der Waals surface area contributed by atoms with E-state index in [1.807, 2.05) is 0 Å². The van der Waals surface area contributed by atoms with E-state index in [2.05, 4.69) is 0 Å². The normalized spacial score (nSPS) is 28.7. The Hall–Kier alpha value is -0.570. The second-order valence-electron chi connectivity index (χ2n) is 4.07. The molecule has 1 aliphatic rings. The first-order valence-electron chi connectivity index (χ1n) is 5.16. The van der Waals surface area contributed by atoms with Gasteiger partial charge in [-0.25, -0.2) is 0 Å². The van der Waals surface area contributed by atoms with Gasteiger partial charge < -0.3 is 10.8 Å². The first-order valence-corrected chi connectivity index (χ1v) is 5.16. The van der Waals surface area contributed by atoms with Gasteiger partial charge in [0, 0.05) is 12.5 Å². The van der Waals surface area contributed by atoms with Crippen molar-refractivity contribution in [2.75, 3.05) is 0 Å². The van der Waals surface area contributed by atoms with Crippen LogP contribution in [0.25, 0.3) is 0 Å². The minimum Gasteiger partial charge on any atom is -0.481 e. The van der Waals surface area contributed by atoms with Crippen molar-refractivity contribution < 1.29 is 9.90 Å². The summed E-state index contributed by atoms with van der Waals surface area (Å²) in [6.45, 7) is 0. The molecule has 0 aromatic heterocycles. The van der Waals surface area contributed by atoms with E-state index >= 15 is 0 Å². The lowest BCUT2D eigenvalue weighted by Crippen LogP contribution is -2.26. The van der Waals surface area contributed by atoms with Gasteiger partial charge in [-0.05, 0) is 44.4 Å². The molecule has 1 fully saturated rings. The van der Waals surface area contributed by atoms with E-state index in [4.69, 9.17) is 10.8 Å². The minimum absolute atomic E-state index is 0.322. The van der Waals surface area contributed by atoms with Crippen molar-refractivity contribution >= 4 is 5.97 Å². The Morgan fingerprint density at radius 1 is 1.31 bits per heavy atom. The van der Waals surface area contributed by atoms with Crippen LogP contribution in [0.1, 0.15) is 44.9 Å². The Bertz CT molecular complexity index is 162. The van der Waals surface area contributed by atoms with Crippen LogP contribution in [-0.4, -0.2) is 17.1 Å². The quantitative estimate of drug-likeness (QED) is 0.701. The van der Waals surface area contributed by atoms with E-state index in [1.165, 1.54) is 12.8 Å². The average molecular weight is 185 g/mol. The van der Waals surface area contributed by atoms with Crippen molar-refractivity contribution in [2.24, 2.45) is 11.7 Å². The van der Waals surface area contributed by atoms with Crippen molar-refractivity contribution in [2.45, 2.75) is 51.0 Å². The second kappa shape index (κ2) is 5.22. The third kappa shape index (κ3) is 4.27. The number of carboxylic acid groups (broad SMARTS) is 1. The van der Waals surface area contributed by atoms with Crippen LogP contribution in [0.4, 0.5) is 0 Å². The van der Waals surface area contributed by atoms with Crippen molar-refractivity contribution in [3.63, 3.8) is 0 Å². The summed E-state index contributed by atoms with van der Waals surface area (Å²) < 4.78 is 0. The Kier molecular flexibility index (Phi) is 4.22. The molecular weight excluding hydrogens is 166 g/mol. The molecule has 1 aliphatic carbocycles. The number of hydrogen-bond donors (Lipinski definition) is 2. The van der Waals surface area contributed by atoms with E-state index in [1.54, 1.807) is 0 Å². The number of rotatable bonds is 4. The number of aliphatic carboxylic acids is 1. The van der Waals surface area contributed by atoms with Crippen LogP contribution in [0.2, 0.25) is 0 Å². The van der Waals surface area contributed by atoms with Gasteiger partial charge in [-0.2, -0.15) is 0 Å². The fraction of sp³-hybridized carbons (Fsp3) is 0.900. The summed E-state index contributed by atoms with van der Waals surface area (Å²) in [6, 6.07) is 0.399. The van der Waals surface area contributed by atoms with Gasteiger partial charge >= 0.3 is 5.97 Å². The molecule has 1 saturated carbocycles. The summed E-state index contributed by atoms with van der Waals surface area (Å²) in [4.78, 5) is 10.3. The number of nitrogens with two attached hydrogens (primary N) is 1. The third-order valence-electron chi connectivity index (χ3n) is 2.89. The summed E-state index contributed by atoms with van der Waals surface area (Å²) in [5.41, 5.74) is 5.78. The highest BCUT2D eigenvalue weighted by Crippen LogP contribution is 2.27. The van der Waals surface area contributed by atoms with Gasteiger partial charge in [0.25, 0.3) is 0 Å². The lowest BCUT2D eigenvalue weighted by molar-refractivity contribution is -0.137. The van der Waals surface area contributed by atoms with Gasteiger partial charge in [-0.3, -0.25) is 4.79 Å². The van der Waals surface area contributed by atoms with Crippen LogP contribution >= 0.6 is 0 Å². The summed E-state index contributed by atoms with van der Waals surface area (Å²) in [5, 5.41) is 8.47. The maximum atomic E-state index is 10.3. The maximum Gasteiger partial charge on any atom is 0.303 e. The third-order valence-corrected chi connectivity index (χ3v) is 2.89. The van der Waals surface area contributed by atoms with Crippen molar-refractivity contribution in [3.05, 3.63) is 0 Å². The molecule has 0 aromatic rings. The molecule has 0 atom stereocenters. The van der Waals surface area contributed by atoms with E-state index in [0.717, 1.165) is 31.6 Å². The van der Waals surface area contributed by atoms with Crippen LogP contribution in [0.15, 0.2) is 0 Å².